The van der Waals surface area contributed by atoms with Crippen LogP contribution in [0.3, 0.4) is 0 Å². The molecule has 39 heavy (non-hydrogen) atoms. The first-order chi connectivity index (χ1) is 18.2. The van der Waals surface area contributed by atoms with Gasteiger partial charge in [-0.05, 0) is 63.2 Å². The second-order valence-corrected chi connectivity index (χ2v) is 12.6. The predicted molar refractivity (Wildman–Crippen MR) is 135 cm³/mol. The van der Waals surface area contributed by atoms with Crippen molar-refractivity contribution < 1.29 is 59.8 Å². The van der Waals surface area contributed by atoms with E-state index in [0.29, 0.717) is 12.8 Å². The fourth-order valence-corrected chi connectivity index (χ4v) is 6.95. The van der Waals surface area contributed by atoms with Crippen LogP contribution < -0.4 is 0 Å². The topological polar surface area (TPSA) is 199 Å². The van der Waals surface area contributed by atoms with Crippen LogP contribution in [-0.2, 0) is 18.9 Å². The summed E-state index contributed by atoms with van der Waals surface area (Å²) >= 11 is 0. The summed E-state index contributed by atoms with van der Waals surface area (Å²) in [6, 6.07) is 0. The monoisotopic (exact) mass is 562 g/mol. The van der Waals surface area contributed by atoms with Gasteiger partial charge in [0.05, 0.1) is 24.9 Å². The van der Waals surface area contributed by atoms with E-state index in [0.717, 1.165) is 24.8 Å². The fraction of sp³-hybridized carbons (Fsp3) is 0.926. The van der Waals surface area contributed by atoms with Crippen molar-refractivity contribution in [2.24, 2.45) is 17.3 Å². The summed E-state index contributed by atoms with van der Waals surface area (Å²) in [7, 11) is 0. The maximum atomic E-state index is 10.5. The highest BCUT2D eigenvalue weighted by Crippen LogP contribution is 2.56. The Hall–Kier alpha value is -0.740. The van der Waals surface area contributed by atoms with Gasteiger partial charge >= 0.3 is 0 Å². The molecule has 4 rings (SSSR count). The number of fused-ring (bicyclic) bond motifs is 1. The van der Waals surface area contributed by atoms with Gasteiger partial charge in [0.2, 0.25) is 0 Å². The Bertz CT molecular complexity index is 851. The molecule has 0 aromatic rings. The van der Waals surface area contributed by atoms with Gasteiger partial charge in [0.1, 0.15) is 48.8 Å². The lowest BCUT2D eigenvalue weighted by Gasteiger charge is -2.54. The normalized spacial score (nSPS) is 49.5. The van der Waals surface area contributed by atoms with E-state index in [-0.39, 0.29) is 23.4 Å². The van der Waals surface area contributed by atoms with Crippen LogP contribution in [0.2, 0.25) is 0 Å². The number of aliphatic hydroxyl groups is 8. The zero-order chi connectivity index (χ0) is 28.9. The highest BCUT2D eigenvalue weighted by Gasteiger charge is 2.53. The molecule has 0 aromatic carbocycles. The largest absolute Gasteiger partial charge is 0.394 e. The summed E-state index contributed by atoms with van der Waals surface area (Å²) < 4.78 is 23.4. The van der Waals surface area contributed by atoms with Crippen LogP contribution in [-0.4, -0.2) is 127 Å². The molecule has 12 heteroatoms. The first-order valence-electron chi connectivity index (χ1n) is 13.8. The first kappa shape index (κ1) is 31.2. The van der Waals surface area contributed by atoms with Gasteiger partial charge < -0.3 is 59.8 Å². The van der Waals surface area contributed by atoms with Gasteiger partial charge in [0.25, 0.3) is 0 Å². The molecule has 226 valence electrons. The summed E-state index contributed by atoms with van der Waals surface area (Å²) in [6.07, 6.45) is -10.1. The van der Waals surface area contributed by atoms with Crippen molar-refractivity contribution in [1.82, 2.24) is 0 Å². The van der Waals surface area contributed by atoms with Crippen molar-refractivity contribution in [3.05, 3.63) is 12.2 Å². The number of rotatable bonds is 7. The highest BCUT2D eigenvalue weighted by molar-refractivity contribution is 5.16. The van der Waals surface area contributed by atoms with Gasteiger partial charge in [0.15, 0.2) is 12.6 Å². The molecular weight excluding hydrogens is 516 g/mol. The van der Waals surface area contributed by atoms with E-state index >= 15 is 0 Å². The molecule has 4 fully saturated rings. The molecule has 2 aliphatic carbocycles. The molecule has 0 bridgehead atoms. The Morgan fingerprint density at radius 2 is 1.41 bits per heavy atom. The molecule has 2 aliphatic heterocycles. The first-order valence-corrected chi connectivity index (χ1v) is 13.8. The molecule has 0 amide bonds. The van der Waals surface area contributed by atoms with Crippen molar-refractivity contribution in [2.75, 3.05) is 13.2 Å². The van der Waals surface area contributed by atoms with E-state index < -0.39 is 80.2 Å². The van der Waals surface area contributed by atoms with Gasteiger partial charge in [-0.3, -0.25) is 0 Å². The Balaban J connectivity index is 1.39. The molecule has 0 unspecified atom stereocenters. The molecule has 4 aliphatic rings. The minimum atomic E-state index is -1.51. The van der Waals surface area contributed by atoms with Crippen LogP contribution in [0.25, 0.3) is 0 Å². The van der Waals surface area contributed by atoms with Crippen molar-refractivity contribution in [3.8, 4) is 0 Å². The fourth-order valence-electron chi connectivity index (χ4n) is 6.95. The van der Waals surface area contributed by atoms with Crippen molar-refractivity contribution in [3.63, 3.8) is 0 Å². The lowest BCUT2D eigenvalue weighted by atomic mass is 9.54. The van der Waals surface area contributed by atoms with Crippen LogP contribution in [0.5, 0.6) is 0 Å². The number of aliphatic hydroxyl groups excluding tert-OH is 8. The zero-order valence-electron chi connectivity index (χ0n) is 22.9. The third-order valence-electron chi connectivity index (χ3n) is 9.53. The smallest absolute Gasteiger partial charge is 0.187 e. The average molecular weight is 563 g/mol. The number of hydrogen-bond donors (Lipinski definition) is 8. The molecule has 14 atom stereocenters. The van der Waals surface area contributed by atoms with E-state index in [2.05, 4.69) is 13.5 Å². The summed E-state index contributed by atoms with van der Waals surface area (Å²) in [5.74, 6) is 0.200. The summed E-state index contributed by atoms with van der Waals surface area (Å²) in [5.41, 5.74) is 0.0506. The molecule has 12 nitrogen and oxygen atoms in total. The van der Waals surface area contributed by atoms with E-state index in [1.54, 1.807) is 0 Å². The molecule has 0 radical (unpaired) electrons. The van der Waals surface area contributed by atoms with Gasteiger partial charge in [0, 0.05) is 0 Å². The van der Waals surface area contributed by atoms with Crippen LogP contribution >= 0.6 is 0 Å². The van der Waals surface area contributed by atoms with Crippen LogP contribution in [0.1, 0.15) is 52.9 Å². The lowest BCUT2D eigenvalue weighted by Crippen LogP contribution is -2.61. The van der Waals surface area contributed by atoms with E-state index in [1.165, 1.54) is 0 Å². The second kappa shape index (κ2) is 11.9. The molecule has 2 saturated heterocycles. The molecule has 0 aromatic heterocycles. The van der Waals surface area contributed by atoms with Crippen LogP contribution in [0.4, 0.5) is 0 Å². The van der Waals surface area contributed by atoms with Crippen LogP contribution in [0, 0.1) is 17.3 Å². The van der Waals surface area contributed by atoms with Crippen molar-refractivity contribution in [2.45, 2.75) is 126 Å². The third kappa shape index (κ3) is 6.08. The Labute approximate surface area is 228 Å². The summed E-state index contributed by atoms with van der Waals surface area (Å²) in [4.78, 5) is 0. The van der Waals surface area contributed by atoms with Crippen molar-refractivity contribution in [1.29, 1.82) is 0 Å². The van der Waals surface area contributed by atoms with E-state index in [9.17, 15) is 40.9 Å². The van der Waals surface area contributed by atoms with E-state index in [4.69, 9.17) is 18.9 Å². The minimum absolute atomic E-state index is 0.0580. The summed E-state index contributed by atoms with van der Waals surface area (Å²) in [5, 5.41) is 80.2. The number of ether oxygens (including phenoxy) is 4. The molecule has 8 N–H and O–H groups in total. The number of hydrogen-bond acceptors (Lipinski definition) is 12. The van der Waals surface area contributed by atoms with Crippen LogP contribution in [0.15, 0.2) is 12.2 Å². The predicted octanol–water partition coefficient (Wildman–Crippen LogP) is -1.46. The maximum Gasteiger partial charge on any atom is 0.187 e. The maximum absolute atomic E-state index is 10.5. The molecular formula is C27H46O12. The van der Waals surface area contributed by atoms with E-state index in [1.807, 2.05) is 13.8 Å². The van der Waals surface area contributed by atoms with Gasteiger partial charge in [-0.25, -0.2) is 0 Å². The minimum Gasteiger partial charge on any atom is -0.394 e. The lowest BCUT2D eigenvalue weighted by molar-refractivity contribution is -0.330. The van der Waals surface area contributed by atoms with Gasteiger partial charge in [-0.15, -0.1) is 0 Å². The third-order valence-corrected chi connectivity index (χ3v) is 9.53. The zero-order valence-corrected chi connectivity index (χ0v) is 22.9. The average Bonchev–Trinajstić information content (AvgIpc) is 2.88. The quantitative estimate of drug-likeness (QED) is 0.133. The van der Waals surface area contributed by atoms with Gasteiger partial charge in [-0.2, -0.15) is 0 Å². The Morgan fingerprint density at radius 3 is 1.97 bits per heavy atom. The highest BCUT2D eigenvalue weighted by atomic mass is 16.7. The molecule has 2 saturated carbocycles. The van der Waals surface area contributed by atoms with Crippen molar-refractivity contribution >= 4 is 0 Å². The Morgan fingerprint density at radius 1 is 0.872 bits per heavy atom. The molecule has 2 heterocycles. The Kier molecular flexibility index (Phi) is 9.49. The van der Waals surface area contributed by atoms with Gasteiger partial charge in [-0.1, -0.05) is 19.1 Å². The summed E-state index contributed by atoms with van der Waals surface area (Å²) in [6.45, 7) is 9.27. The second-order valence-electron chi connectivity index (χ2n) is 12.6. The molecule has 0 spiro atoms. The standard InChI is InChI=1S/C27H46O12/c1-12-7-14(36-24-22(34)20(32)18(30)16(10-28)37-24)9-27(4)6-5-13(8-15(12)27)26(2,3)39-25-23(35)21(33)19(31)17(11-29)38-25/h13-25,28-35H,1,5-11H2,2-4H3/t13-,14+,15+,16-,17-,18-,19-,20+,21+,22-,23-,24-,25+,27+/m1/s1. The SMILES string of the molecule is C=C1C[C@H](O[C@@H]2O[C@H](CO)[C@@H](O)[C@H](O)[C@H]2O)C[C@]2(C)CC[C@@H](C(C)(C)O[C@@H]3O[C@H](CO)[C@@H](O)[C@H](O)[C@H]3O)C[C@@H]12.